The van der Waals surface area contributed by atoms with Gasteiger partial charge in [-0.1, -0.05) is 24.4 Å². The fourth-order valence-electron chi connectivity index (χ4n) is 3.84. The summed E-state index contributed by atoms with van der Waals surface area (Å²) in [6, 6.07) is 4.71. The van der Waals surface area contributed by atoms with Gasteiger partial charge in [-0.05, 0) is 50.8 Å². The topological polar surface area (TPSA) is 57.7 Å². The zero-order valence-electron chi connectivity index (χ0n) is 14.6. The molecule has 1 saturated carbocycles. The molecule has 1 aliphatic carbocycles. The highest BCUT2D eigenvalue weighted by Gasteiger charge is 2.31. The molecule has 1 saturated heterocycles. The molecule has 7 heteroatoms. The predicted molar refractivity (Wildman–Crippen MR) is 98.4 cm³/mol. The third kappa shape index (κ3) is 3.71. The van der Waals surface area contributed by atoms with Crippen molar-refractivity contribution >= 4 is 27.5 Å². The molecule has 0 unspecified atom stereocenters. The normalized spacial score (nSPS) is 19.4. The number of carbonyl (C=O) groups is 1. The van der Waals surface area contributed by atoms with Crippen molar-refractivity contribution in [3.05, 3.63) is 28.8 Å². The number of nitrogens with zero attached hydrogens (tertiary/aromatic N) is 2. The number of benzene rings is 1. The van der Waals surface area contributed by atoms with Gasteiger partial charge >= 0.3 is 0 Å². The standard InChI is InChI=1S/C18H25ClN2O3S/c1-2-21(14-7-3-4-8-14)18(22)16-13-15(9-10-17(16)19)25(23,24)20-11-5-6-12-20/h9-10,13-14H,2-8,11-12H2,1H3. The number of rotatable bonds is 5. The molecular formula is C18H25ClN2O3S. The molecule has 0 atom stereocenters. The van der Waals surface area contributed by atoms with Crippen LogP contribution in [0, 0.1) is 0 Å². The molecule has 5 nitrogen and oxygen atoms in total. The van der Waals surface area contributed by atoms with Gasteiger partial charge in [0.05, 0.1) is 15.5 Å². The van der Waals surface area contributed by atoms with Crippen molar-refractivity contribution in [1.82, 2.24) is 9.21 Å². The minimum absolute atomic E-state index is 0.157. The van der Waals surface area contributed by atoms with Gasteiger partial charge in [-0.3, -0.25) is 4.79 Å². The Morgan fingerprint density at radius 3 is 2.44 bits per heavy atom. The summed E-state index contributed by atoms with van der Waals surface area (Å²) >= 11 is 6.25. The largest absolute Gasteiger partial charge is 0.336 e. The second-order valence-electron chi connectivity index (χ2n) is 6.78. The third-order valence-electron chi connectivity index (χ3n) is 5.24. The first-order chi connectivity index (χ1) is 11.9. The van der Waals surface area contributed by atoms with Crippen LogP contribution in [-0.2, 0) is 10.0 Å². The lowest BCUT2D eigenvalue weighted by Crippen LogP contribution is -2.39. The first-order valence-electron chi connectivity index (χ1n) is 9.06. The van der Waals surface area contributed by atoms with Gasteiger partial charge in [0.2, 0.25) is 10.0 Å². The molecule has 0 bridgehead atoms. The van der Waals surface area contributed by atoms with Gasteiger partial charge in [0.25, 0.3) is 5.91 Å². The minimum Gasteiger partial charge on any atom is -0.336 e. The van der Waals surface area contributed by atoms with Crippen molar-refractivity contribution in [3.8, 4) is 0 Å². The lowest BCUT2D eigenvalue weighted by molar-refractivity contribution is 0.0693. The molecule has 1 aliphatic heterocycles. The Labute approximate surface area is 155 Å². The maximum absolute atomic E-state index is 13.0. The molecule has 138 valence electrons. The first-order valence-corrected chi connectivity index (χ1v) is 10.9. The number of carbonyl (C=O) groups excluding carboxylic acids is 1. The maximum atomic E-state index is 13.0. The predicted octanol–water partition coefficient (Wildman–Crippen LogP) is 3.53. The monoisotopic (exact) mass is 384 g/mol. The average molecular weight is 385 g/mol. The fourth-order valence-corrected chi connectivity index (χ4v) is 5.59. The van der Waals surface area contributed by atoms with Crippen molar-refractivity contribution in [2.75, 3.05) is 19.6 Å². The van der Waals surface area contributed by atoms with Crippen LogP contribution < -0.4 is 0 Å². The van der Waals surface area contributed by atoms with E-state index in [-0.39, 0.29) is 22.4 Å². The number of hydrogen-bond donors (Lipinski definition) is 0. The highest BCUT2D eigenvalue weighted by atomic mass is 35.5. The molecule has 3 rings (SSSR count). The number of amides is 1. The Bertz CT molecular complexity index is 739. The van der Waals surface area contributed by atoms with Crippen molar-refractivity contribution in [1.29, 1.82) is 0 Å². The van der Waals surface area contributed by atoms with E-state index in [2.05, 4.69) is 0 Å². The van der Waals surface area contributed by atoms with Crippen molar-refractivity contribution in [2.45, 2.75) is 56.4 Å². The zero-order valence-corrected chi connectivity index (χ0v) is 16.2. The summed E-state index contributed by atoms with van der Waals surface area (Å²) < 4.78 is 27.0. The van der Waals surface area contributed by atoms with Gasteiger partial charge in [-0.2, -0.15) is 4.31 Å². The highest BCUT2D eigenvalue weighted by Crippen LogP contribution is 2.29. The molecule has 1 amide bonds. The summed E-state index contributed by atoms with van der Waals surface area (Å²) in [7, 11) is -3.56. The maximum Gasteiger partial charge on any atom is 0.255 e. The van der Waals surface area contributed by atoms with Gasteiger partial charge in [0.1, 0.15) is 0 Å². The van der Waals surface area contributed by atoms with E-state index in [0.717, 1.165) is 38.5 Å². The van der Waals surface area contributed by atoms with Crippen LogP contribution >= 0.6 is 11.6 Å². The summed E-state index contributed by atoms with van der Waals surface area (Å²) in [6.45, 7) is 3.63. The van der Waals surface area contributed by atoms with Crippen LogP contribution in [0.15, 0.2) is 23.1 Å². The quantitative estimate of drug-likeness (QED) is 0.780. The molecular weight excluding hydrogens is 360 g/mol. The van der Waals surface area contributed by atoms with Gasteiger partial charge in [-0.15, -0.1) is 0 Å². The van der Waals surface area contributed by atoms with Crippen LogP contribution in [0.5, 0.6) is 0 Å². The Morgan fingerprint density at radius 2 is 1.84 bits per heavy atom. The zero-order chi connectivity index (χ0) is 18.0. The molecule has 25 heavy (non-hydrogen) atoms. The van der Waals surface area contributed by atoms with E-state index in [1.165, 1.54) is 22.5 Å². The number of sulfonamides is 1. The van der Waals surface area contributed by atoms with E-state index >= 15 is 0 Å². The molecule has 0 aromatic heterocycles. The Kier molecular flexibility index (Phi) is 5.71. The van der Waals surface area contributed by atoms with Crippen molar-refractivity contribution < 1.29 is 13.2 Å². The van der Waals surface area contributed by atoms with Crippen molar-refractivity contribution in [3.63, 3.8) is 0 Å². The minimum atomic E-state index is -3.56. The van der Waals surface area contributed by atoms with Gasteiger partial charge in [0, 0.05) is 25.7 Å². The molecule has 1 aromatic carbocycles. The van der Waals surface area contributed by atoms with E-state index in [1.807, 2.05) is 11.8 Å². The van der Waals surface area contributed by atoms with E-state index < -0.39 is 10.0 Å². The summed E-state index contributed by atoms with van der Waals surface area (Å²) in [5.74, 6) is -0.169. The fraction of sp³-hybridized carbons (Fsp3) is 0.611. The molecule has 0 N–H and O–H groups in total. The van der Waals surface area contributed by atoms with Gasteiger partial charge in [0.15, 0.2) is 0 Å². The van der Waals surface area contributed by atoms with Crippen LogP contribution in [0.3, 0.4) is 0 Å². The first kappa shape index (κ1) is 18.7. The molecule has 0 spiro atoms. The average Bonchev–Trinajstić information content (AvgIpc) is 3.29. The number of halogens is 1. The molecule has 2 fully saturated rings. The van der Waals surface area contributed by atoms with E-state index in [0.29, 0.717) is 24.7 Å². The Balaban J connectivity index is 1.92. The van der Waals surface area contributed by atoms with Crippen LogP contribution in [0.2, 0.25) is 5.02 Å². The van der Waals surface area contributed by atoms with Crippen LogP contribution in [0.1, 0.15) is 55.8 Å². The van der Waals surface area contributed by atoms with Crippen LogP contribution in [0.4, 0.5) is 0 Å². The van der Waals surface area contributed by atoms with Gasteiger partial charge in [-0.25, -0.2) is 8.42 Å². The second-order valence-corrected chi connectivity index (χ2v) is 9.13. The summed E-state index contributed by atoms with van der Waals surface area (Å²) in [4.78, 5) is 15.0. The molecule has 1 heterocycles. The molecule has 1 aromatic rings. The summed E-state index contributed by atoms with van der Waals surface area (Å²) in [6.07, 6.45) is 6.02. The number of hydrogen-bond acceptors (Lipinski definition) is 3. The molecule has 2 aliphatic rings. The van der Waals surface area contributed by atoms with E-state index in [4.69, 9.17) is 11.6 Å². The summed E-state index contributed by atoms with van der Waals surface area (Å²) in [5, 5.41) is 0.307. The van der Waals surface area contributed by atoms with Gasteiger partial charge < -0.3 is 4.90 Å². The Hall–Kier alpha value is -1.11. The highest BCUT2D eigenvalue weighted by molar-refractivity contribution is 7.89. The summed E-state index contributed by atoms with van der Waals surface area (Å²) in [5.41, 5.74) is 0.288. The van der Waals surface area contributed by atoms with E-state index in [9.17, 15) is 13.2 Å². The SMILES string of the molecule is CCN(C(=O)c1cc(S(=O)(=O)N2CCCC2)ccc1Cl)C1CCCC1. The third-order valence-corrected chi connectivity index (χ3v) is 7.46. The smallest absolute Gasteiger partial charge is 0.255 e. The van der Waals surface area contributed by atoms with E-state index in [1.54, 1.807) is 0 Å². The molecule has 0 radical (unpaired) electrons. The lowest BCUT2D eigenvalue weighted by Gasteiger charge is -2.28. The lowest BCUT2D eigenvalue weighted by atomic mass is 10.1. The van der Waals surface area contributed by atoms with Crippen molar-refractivity contribution in [2.24, 2.45) is 0 Å². The Morgan fingerprint density at radius 1 is 1.20 bits per heavy atom. The van der Waals surface area contributed by atoms with Crippen LogP contribution in [-0.4, -0.2) is 49.2 Å². The second kappa shape index (κ2) is 7.64. The van der Waals surface area contributed by atoms with Crippen LogP contribution in [0.25, 0.3) is 0 Å².